The lowest BCUT2D eigenvalue weighted by atomic mass is 9.90. The fraction of sp³-hybridized carbons (Fsp3) is 0.500. The van der Waals surface area contributed by atoms with E-state index in [-0.39, 0.29) is 5.92 Å². The molecule has 82 valence electrons. The van der Waals surface area contributed by atoms with Crippen molar-refractivity contribution < 1.29 is 4.79 Å². The van der Waals surface area contributed by atoms with Gasteiger partial charge < -0.3 is 0 Å². The van der Waals surface area contributed by atoms with Crippen molar-refractivity contribution in [3.8, 4) is 0 Å². The molecule has 0 radical (unpaired) electrons. The van der Waals surface area contributed by atoms with E-state index in [0.717, 1.165) is 25.7 Å². The number of unbranched alkanes of at least 4 members (excludes halogenated alkanes) is 1. The highest BCUT2D eigenvalue weighted by Gasteiger charge is 2.16. The van der Waals surface area contributed by atoms with Crippen molar-refractivity contribution in [2.45, 2.75) is 45.4 Å². The summed E-state index contributed by atoms with van der Waals surface area (Å²) >= 11 is 0. The van der Waals surface area contributed by atoms with Crippen LogP contribution in [0, 0.1) is 0 Å². The van der Waals surface area contributed by atoms with E-state index in [2.05, 4.69) is 26.0 Å². The minimum atomic E-state index is 0.109. The lowest BCUT2D eigenvalue weighted by molar-refractivity contribution is -0.120. The summed E-state index contributed by atoms with van der Waals surface area (Å²) in [6, 6.07) is 10.1. The first-order valence-corrected chi connectivity index (χ1v) is 5.87. The van der Waals surface area contributed by atoms with Crippen LogP contribution in [0.2, 0.25) is 0 Å². The highest BCUT2D eigenvalue weighted by atomic mass is 16.1. The molecular weight excluding hydrogens is 184 g/mol. The van der Waals surface area contributed by atoms with Gasteiger partial charge in [-0.2, -0.15) is 0 Å². The highest BCUT2D eigenvalue weighted by Crippen LogP contribution is 2.22. The molecule has 0 saturated carbocycles. The van der Waals surface area contributed by atoms with Crippen molar-refractivity contribution in [2.24, 2.45) is 0 Å². The van der Waals surface area contributed by atoms with E-state index in [9.17, 15) is 4.79 Å². The maximum atomic E-state index is 11.9. The Labute approximate surface area is 92.5 Å². The highest BCUT2D eigenvalue weighted by molar-refractivity contribution is 5.85. The second-order valence-electron chi connectivity index (χ2n) is 3.94. The molecule has 0 aliphatic carbocycles. The zero-order valence-corrected chi connectivity index (χ0v) is 9.70. The monoisotopic (exact) mass is 204 g/mol. The molecule has 1 aromatic carbocycles. The average molecular weight is 204 g/mol. The summed E-state index contributed by atoms with van der Waals surface area (Å²) in [6.07, 6.45) is 3.75. The maximum absolute atomic E-state index is 11.9. The summed E-state index contributed by atoms with van der Waals surface area (Å²) in [6.45, 7) is 4.21. The summed E-state index contributed by atoms with van der Waals surface area (Å²) in [7, 11) is 0. The number of benzene rings is 1. The molecule has 1 aromatic rings. The fourth-order valence-corrected chi connectivity index (χ4v) is 1.86. The van der Waals surface area contributed by atoms with Crippen LogP contribution in [0.25, 0.3) is 0 Å². The molecule has 0 unspecified atom stereocenters. The average Bonchev–Trinajstić information content (AvgIpc) is 2.29. The zero-order valence-electron chi connectivity index (χ0n) is 9.70. The maximum Gasteiger partial charge on any atom is 0.140 e. The Balaban J connectivity index is 2.67. The molecule has 1 nitrogen and oxygen atoms in total. The molecule has 0 bridgehead atoms. The first-order chi connectivity index (χ1) is 7.29. The van der Waals surface area contributed by atoms with E-state index >= 15 is 0 Å². The van der Waals surface area contributed by atoms with Gasteiger partial charge in [0.25, 0.3) is 0 Å². The van der Waals surface area contributed by atoms with Gasteiger partial charge in [-0.25, -0.2) is 0 Å². The van der Waals surface area contributed by atoms with E-state index in [0.29, 0.717) is 5.78 Å². The molecule has 0 heterocycles. The topological polar surface area (TPSA) is 17.1 Å². The van der Waals surface area contributed by atoms with Crippen LogP contribution in [0.1, 0.15) is 51.0 Å². The lowest BCUT2D eigenvalue weighted by Crippen LogP contribution is -2.11. The normalized spacial score (nSPS) is 12.4. The summed E-state index contributed by atoms with van der Waals surface area (Å²) in [4.78, 5) is 11.9. The molecule has 0 aliphatic heterocycles. The molecule has 0 spiro atoms. The van der Waals surface area contributed by atoms with Gasteiger partial charge >= 0.3 is 0 Å². The van der Waals surface area contributed by atoms with Crippen molar-refractivity contribution in [1.29, 1.82) is 0 Å². The SMILES string of the molecule is CCCCC(=O)[C@@H](CC)c1ccccc1. The molecule has 15 heavy (non-hydrogen) atoms. The van der Waals surface area contributed by atoms with Crippen molar-refractivity contribution >= 4 is 5.78 Å². The van der Waals surface area contributed by atoms with Crippen LogP contribution in [0.15, 0.2) is 30.3 Å². The van der Waals surface area contributed by atoms with Gasteiger partial charge in [-0.1, -0.05) is 50.6 Å². The van der Waals surface area contributed by atoms with Crippen molar-refractivity contribution in [2.75, 3.05) is 0 Å². The van der Waals surface area contributed by atoms with Gasteiger partial charge in [0.1, 0.15) is 5.78 Å². The summed E-state index contributed by atoms with van der Waals surface area (Å²) in [5, 5.41) is 0. The minimum absolute atomic E-state index is 0.109. The third-order valence-corrected chi connectivity index (χ3v) is 2.78. The molecule has 0 amide bonds. The molecule has 1 atom stereocenters. The van der Waals surface area contributed by atoms with Gasteiger partial charge in [-0.15, -0.1) is 0 Å². The summed E-state index contributed by atoms with van der Waals surface area (Å²) in [5.74, 6) is 0.503. The Hall–Kier alpha value is -1.11. The molecular formula is C14H20O. The second kappa shape index (κ2) is 6.39. The Kier molecular flexibility index (Phi) is 5.09. The Morgan fingerprint density at radius 3 is 2.40 bits per heavy atom. The number of ketones is 1. The van der Waals surface area contributed by atoms with Gasteiger partial charge in [0.05, 0.1) is 0 Å². The summed E-state index contributed by atoms with van der Waals surface area (Å²) in [5.41, 5.74) is 1.17. The van der Waals surface area contributed by atoms with Crippen molar-refractivity contribution in [1.82, 2.24) is 0 Å². The predicted octanol–water partition coefficient (Wildman–Crippen LogP) is 3.94. The summed E-state index contributed by atoms with van der Waals surface area (Å²) < 4.78 is 0. The molecule has 0 aliphatic rings. The van der Waals surface area contributed by atoms with Crippen LogP contribution in [-0.4, -0.2) is 5.78 Å². The van der Waals surface area contributed by atoms with E-state index in [4.69, 9.17) is 0 Å². The first kappa shape index (κ1) is 12.0. The zero-order chi connectivity index (χ0) is 11.1. The van der Waals surface area contributed by atoms with Crippen molar-refractivity contribution in [3.05, 3.63) is 35.9 Å². The van der Waals surface area contributed by atoms with Crippen LogP contribution in [-0.2, 0) is 4.79 Å². The third kappa shape index (κ3) is 3.50. The number of Topliss-reactive ketones (excluding diaryl/α,β-unsaturated/α-hetero) is 1. The molecule has 0 saturated heterocycles. The number of hydrogen-bond acceptors (Lipinski definition) is 1. The molecule has 0 N–H and O–H groups in total. The predicted molar refractivity (Wildman–Crippen MR) is 64.0 cm³/mol. The first-order valence-electron chi connectivity index (χ1n) is 5.87. The molecule has 0 aromatic heterocycles. The van der Waals surface area contributed by atoms with Crippen molar-refractivity contribution in [3.63, 3.8) is 0 Å². The van der Waals surface area contributed by atoms with E-state index < -0.39 is 0 Å². The quantitative estimate of drug-likeness (QED) is 0.686. The number of carbonyl (C=O) groups is 1. The molecule has 0 fully saturated rings. The number of hydrogen-bond donors (Lipinski definition) is 0. The van der Waals surface area contributed by atoms with Gasteiger partial charge in [-0.05, 0) is 18.4 Å². The Bertz CT molecular complexity index is 289. The van der Waals surface area contributed by atoms with Crippen LogP contribution >= 0.6 is 0 Å². The third-order valence-electron chi connectivity index (χ3n) is 2.78. The van der Waals surface area contributed by atoms with Crippen LogP contribution in [0.3, 0.4) is 0 Å². The Morgan fingerprint density at radius 1 is 1.20 bits per heavy atom. The largest absolute Gasteiger partial charge is 0.299 e. The second-order valence-corrected chi connectivity index (χ2v) is 3.94. The van der Waals surface area contributed by atoms with Gasteiger partial charge in [0.2, 0.25) is 0 Å². The van der Waals surface area contributed by atoms with E-state index in [1.807, 2.05) is 18.2 Å². The number of rotatable bonds is 6. The minimum Gasteiger partial charge on any atom is -0.299 e. The molecule has 1 heteroatoms. The number of carbonyl (C=O) groups excluding carboxylic acids is 1. The van der Waals surface area contributed by atoms with Crippen LogP contribution in [0.5, 0.6) is 0 Å². The van der Waals surface area contributed by atoms with Crippen LogP contribution < -0.4 is 0 Å². The van der Waals surface area contributed by atoms with E-state index in [1.165, 1.54) is 5.56 Å². The van der Waals surface area contributed by atoms with Crippen LogP contribution in [0.4, 0.5) is 0 Å². The van der Waals surface area contributed by atoms with E-state index in [1.54, 1.807) is 0 Å². The fourth-order valence-electron chi connectivity index (χ4n) is 1.86. The Morgan fingerprint density at radius 2 is 1.87 bits per heavy atom. The standard InChI is InChI=1S/C14H20O/c1-3-5-11-14(15)13(4-2)12-9-7-6-8-10-12/h6-10,13H,3-5,11H2,1-2H3/t13-/m0/s1. The van der Waals surface area contributed by atoms with Gasteiger partial charge in [0, 0.05) is 12.3 Å². The smallest absolute Gasteiger partial charge is 0.140 e. The molecule has 1 rings (SSSR count). The van der Waals surface area contributed by atoms with Gasteiger partial charge in [-0.3, -0.25) is 4.79 Å². The lowest BCUT2D eigenvalue weighted by Gasteiger charge is -2.13. The van der Waals surface area contributed by atoms with Gasteiger partial charge in [0.15, 0.2) is 0 Å².